The molecule has 0 unspecified atom stereocenters. The van der Waals surface area contributed by atoms with Crippen molar-refractivity contribution in [3.8, 4) is 0 Å². The summed E-state index contributed by atoms with van der Waals surface area (Å²) in [5.74, 6) is -0.0847. The molecular weight excluding hydrogens is 325 g/mol. The molecule has 5 nitrogen and oxygen atoms in total. The molecule has 2 aromatic rings. The van der Waals surface area contributed by atoms with E-state index < -0.39 is 6.23 Å². The first kappa shape index (κ1) is 14.8. The standard InChI is InChI=1S/C15H11Cl2N3O2/c1-9(21)20-15(10-5-3-2-4-6-10)22-14(19-20)13-11(16)7-8-12(17)18-13/h2-8,15H,1H3/t15-/m0/s1. The molecule has 0 saturated carbocycles. The Morgan fingerprint density at radius 2 is 1.91 bits per heavy atom. The molecule has 0 fully saturated rings. The van der Waals surface area contributed by atoms with E-state index in [1.54, 1.807) is 12.1 Å². The Bertz CT molecular complexity index is 750. The lowest BCUT2D eigenvalue weighted by atomic mass is 10.2. The summed E-state index contributed by atoms with van der Waals surface area (Å²) in [5, 5.41) is 6.06. The van der Waals surface area contributed by atoms with Gasteiger partial charge in [-0.3, -0.25) is 4.79 Å². The van der Waals surface area contributed by atoms with Crippen LogP contribution in [-0.2, 0) is 9.53 Å². The van der Waals surface area contributed by atoms with Gasteiger partial charge in [0.15, 0.2) is 0 Å². The van der Waals surface area contributed by atoms with Gasteiger partial charge in [-0.15, -0.1) is 5.10 Å². The Morgan fingerprint density at radius 3 is 2.59 bits per heavy atom. The van der Waals surface area contributed by atoms with Gasteiger partial charge in [0.05, 0.1) is 5.02 Å². The van der Waals surface area contributed by atoms with Crippen LogP contribution < -0.4 is 0 Å². The number of carbonyl (C=O) groups is 1. The highest BCUT2D eigenvalue weighted by molar-refractivity contribution is 6.34. The summed E-state index contributed by atoms with van der Waals surface area (Å²) in [6.45, 7) is 1.42. The van der Waals surface area contributed by atoms with Crippen LogP contribution in [-0.4, -0.2) is 21.8 Å². The van der Waals surface area contributed by atoms with Gasteiger partial charge in [-0.1, -0.05) is 53.5 Å². The predicted octanol–water partition coefficient (Wildman–Crippen LogP) is 3.63. The summed E-state index contributed by atoms with van der Waals surface area (Å²) in [7, 11) is 0. The number of rotatable bonds is 2. The Labute approximate surface area is 137 Å². The summed E-state index contributed by atoms with van der Waals surface area (Å²) in [4.78, 5) is 15.9. The van der Waals surface area contributed by atoms with E-state index in [-0.39, 0.29) is 17.0 Å². The Hall–Kier alpha value is -2.11. The highest BCUT2D eigenvalue weighted by Crippen LogP contribution is 2.31. The third-order valence-electron chi connectivity index (χ3n) is 3.07. The van der Waals surface area contributed by atoms with Crippen molar-refractivity contribution in [3.63, 3.8) is 0 Å². The molecule has 0 bridgehead atoms. The summed E-state index contributed by atoms with van der Waals surface area (Å²) in [6.07, 6.45) is -0.648. The molecule has 1 amide bonds. The van der Waals surface area contributed by atoms with Gasteiger partial charge >= 0.3 is 0 Å². The number of halogens is 2. The fourth-order valence-electron chi connectivity index (χ4n) is 2.06. The van der Waals surface area contributed by atoms with Crippen molar-refractivity contribution < 1.29 is 9.53 Å². The number of ether oxygens (including phenoxy) is 1. The van der Waals surface area contributed by atoms with Crippen molar-refractivity contribution in [1.29, 1.82) is 0 Å². The molecule has 1 aromatic carbocycles. The van der Waals surface area contributed by atoms with Crippen LogP contribution in [0.3, 0.4) is 0 Å². The first-order chi connectivity index (χ1) is 10.6. The Balaban J connectivity index is 2.00. The predicted molar refractivity (Wildman–Crippen MR) is 83.6 cm³/mol. The fraction of sp³-hybridized carbons (Fsp3) is 0.133. The van der Waals surface area contributed by atoms with Gasteiger partial charge in [-0.05, 0) is 12.1 Å². The van der Waals surface area contributed by atoms with Gasteiger partial charge in [0.1, 0.15) is 10.8 Å². The van der Waals surface area contributed by atoms with Crippen molar-refractivity contribution in [3.05, 3.63) is 63.9 Å². The highest BCUT2D eigenvalue weighted by atomic mass is 35.5. The molecule has 0 spiro atoms. The number of nitrogens with zero attached hydrogens (tertiary/aromatic N) is 3. The van der Waals surface area contributed by atoms with Crippen molar-refractivity contribution in [2.75, 3.05) is 0 Å². The van der Waals surface area contributed by atoms with Gasteiger partial charge in [-0.2, -0.15) is 5.01 Å². The second-order valence-electron chi connectivity index (χ2n) is 4.61. The van der Waals surface area contributed by atoms with Crippen molar-refractivity contribution in [2.24, 2.45) is 5.10 Å². The molecule has 112 valence electrons. The summed E-state index contributed by atoms with van der Waals surface area (Å²) in [5.41, 5.74) is 1.11. The zero-order valence-electron chi connectivity index (χ0n) is 11.5. The molecule has 22 heavy (non-hydrogen) atoms. The fourth-order valence-corrected chi connectivity index (χ4v) is 2.40. The highest BCUT2D eigenvalue weighted by Gasteiger charge is 2.34. The van der Waals surface area contributed by atoms with Crippen LogP contribution in [0.4, 0.5) is 0 Å². The number of benzene rings is 1. The van der Waals surface area contributed by atoms with Gasteiger partial charge in [0, 0.05) is 12.5 Å². The second-order valence-corrected chi connectivity index (χ2v) is 5.41. The maximum atomic E-state index is 11.8. The van der Waals surface area contributed by atoms with Crippen LogP contribution in [0.15, 0.2) is 47.6 Å². The third-order valence-corrected chi connectivity index (χ3v) is 3.58. The Kier molecular flexibility index (Phi) is 4.00. The second kappa shape index (κ2) is 5.94. The Morgan fingerprint density at radius 1 is 1.18 bits per heavy atom. The van der Waals surface area contributed by atoms with E-state index in [1.807, 2.05) is 30.3 Å². The summed E-state index contributed by atoms with van der Waals surface area (Å²) in [6, 6.07) is 12.5. The SMILES string of the molecule is CC(=O)N1N=C(c2nc(Cl)ccc2Cl)O[C@H]1c1ccccc1. The molecule has 7 heteroatoms. The largest absolute Gasteiger partial charge is 0.445 e. The normalized spacial score (nSPS) is 17.1. The van der Waals surface area contributed by atoms with Crippen molar-refractivity contribution in [2.45, 2.75) is 13.2 Å². The van der Waals surface area contributed by atoms with E-state index in [2.05, 4.69) is 10.1 Å². The number of hydrazone groups is 1. The summed E-state index contributed by atoms with van der Waals surface area (Å²) < 4.78 is 5.79. The molecule has 1 aliphatic heterocycles. The van der Waals surface area contributed by atoms with Gasteiger partial charge in [0.25, 0.3) is 5.90 Å². The van der Waals surface area contributed by atoms with Crippen LogP contribution in [0.1, 0.15) is 24.4 Å². The van der Waals surface area contributed by atoms with E-state index >= 15 is 0 Å². The molecule has 0 N–H and O–H groups in total. The number of hydrogen-bond acceptors (Lipinski definition) is 4. The van der Waals surface area contributed by atoms with Crippen LogP contribution in [0.5, 0.6) is 0 Å². The third kappa shape index (κ3) is 2.77. The molecule has 0 saturated heterocycles. The monoisotopic (exact) mass is 335 g/mol. The van der Waals surface area contributed by atoms with Crippen LogP contribution in [0.2, 0.25) is 10.2 Å². The molecule has 3 rings (SSSR count). The van der Waals surface area contributed by atoms with Crippen LogP contribution in [0, 0.1) is 0 Å². The quantitative estimate of drug-likeness (QED) is 0.787. The molecule has 0 aliphatic carbocycles. The zero-order chi connectivity index (χ0) is 15.7. The van der Waals surface area contributed by atoms with Crippen LogP contribution >= 0.6 is 23.2 Å². The van der Waals surface area contributed by atoms with E-state index in [0.29, 0.717) is 10.7 Å². The number of amides is 1. The van der Waals surface area contributed by atoms with Crippen LogP contribution in [0.25, 0.3) is 0 Å². The minimum atomic E-state index is -0.648. The molecule has 1 aliphatic rings. The van der Waals surface area contributed by atoms with Gasteiger partial charge < -0.3 is 4.74 Å². The number of aromatic nitrogens is 1. The molecule has 0 radical (unpaired) electrons. The maximum Gasteiger partial charge on any atom is 0.261 e. The minimum Gasteiger partial charge on any atom is -0.445 e. The molecule has 1 aromatic heterocycles. The lowest BCUT2D eigenvalue weighted by Gasteiger charge is -2.19. The van der Waals surface area contributed by atoms with E-state index in [0.717, 1.165) is 5.56 Å². The smallest absolute Gasteiger partial charge is 0.261 e. The first-order valence-corrected chi connectivity index (χ1v) is 7.24. The topological polar surface area (TPSA) is 54.8 Å². The van der Waals surface area contributed by atoms with Gasteiger partial charge in [0.2, 0.25) is 12.1 Å². The lowest BCUT2D eigenvalue weighted by Crippen LogP contribution is -2.25. The van der Waals surface area contributed by atoms with Crippen molar-refractivity contribution in [1.82, 2.24) is 9.99 Å². The summed E-state index contributed by atoms with van der Waals surface area (Å²) >= 11 is 12.0. The minimum absolute atomic E-state index is 0.163. The maximum absolute atomic E-state index is 11.8. The van der Waals surface area contributed by atoms with E-state index in [4.69, 9.17) is 27.9 Å². The van der Waals surface area contributed by atoms with Crippen molar-refractivity contribution >= 4 is 35.0 Å². The zero-order valence-corrected chi connectivity index (χ0v) is 13.0. The van der Waals surface area contributed by atoms with Gasteiger partial charge in [-0.25, -0.2) is 4.98 Å². The molecular formula is C15H11Cl2N3O2. The average Bonchev–Trinajstić information content (AvgIpc) is 2.96. The molecule has 2 heterocycles. The number of hydrogen-bond donors (Lipinski definition) is 0. The van der Waals surface area contributed by atoms with E-state index in [9.17, 15) is 4.79 Å². The average molecular weight is 336 g/mol. The number of pyridine rings is 1. The first-order valence-electron chi connectivity index (χ1n) is 6.48. The molecule has 1 atom stereocenters. The lowest BCUT2D eigenvalue weighted by molar-refractivity contribution is -0.135. The van der Waals surface area contributed by atoms with E-state index in [1.165, 1.54) is 11.9 Å². The number of carbonyl (C=O) groups excluding carboxylic acids is 1.